The molecule has 1 nitrogen and oxygen atoms in total. The van der Waals surface area contributed by atoms with Crippen LogP contribution in [0.5, 0.6) is 0 Å². The SMILES string of the molecule is Brc1ccccc1/C=C\c1ccncc1.Cl. The van der Waals surface area contributed by atoms with Crippen molar-refractivity contribution in [1.82, 2.24) is 4.98 Å². The van der Waals surface area contributed by atoms with E-state index in [1.165, 1.54) is 5.56 Å². The van der Waals surface area contributed by atoms with Crippen molar-refractivity contribution in [3.8, 4) is 0 Å². The molecule has 0 atom stereocenters. The van der Waals surface area contributed by atoms with Crippen molar-refractivity contribution in [3.63, 3.8) is 0 Å². The monoisotopic (exact) mass is 295 g/mol. The second-order valence-corrected chi connectivity index (χ2v) is 3.99. The Kier molecular flexibility index (Phi) is 5.23. The topological polar surface area (TPSA) is 12.9 Å². The van der Waals surface area contributed by atoms with Crippen molar-refractivity contribution in [1.29, 1.82) is 0 Å². The average molecular weight is 297 g/mol. The van der Waals surface area contributed by atoms with Crippen LogP contribution in [0.4, 0.5) is 0 Å². The average Bonchev–Trinajstić information content (AvgIpc) is 2.29. The van der Waals surface area contributed by atoms with Crippen LogP contribution in [0.2, 0.25) is 0 Å². The molecule has 0 radical (unpaired) electrons. The number of rotatable bonds is 2. The van der Waals surface area contributed by atoms with Crippen molar-refractivity contribution in [3.05, 3.63) is 64.4 Å². The first-order chi connectivity index (χ1) is 7.36. The Morgan fingerprint density at radius 1 is 0.938 bits per heavy atom. The number of benzene rings is 1. The number of aromatic nitrogens is 1. The van der Waals surface area contributed by atoms with Gasteiger partial charge in [0.25, 0.3) is 0 Å². The summed E-state index contributed by atoms with van der Waals surface area (Å²) in [6.07, 6.45) is 7.74. The van der Waals surface area contributed by atoms with Gasteiger partial charge < -0.3 is 0 Å². The highest BCUT2D eigenvalue weighted by Gasteiger charge is 1.92. The predicted molar refractivity (Wildman–Crippen MR) is 74.6 cm³/mol. The molecule has 16 heavy (non-hydrogen) atoms. The summed E-state index contributed by atoms with van der Waals surface area (Å²) in [5.74, 6) is 0. The second-order valence-electron chi connectivity index (χ2n) is 3.14. The van der Waals surface area contributed by atoms with Gasteiger partial charge in [0, 0.05) is 16.9 Å². The van der Waals surface area contributed by atoms with E-state index in [1.807, 2.05) is 30.3 Å². The Labute approximate surface area is 110 Å². The molecule has 3 heteroatoms. The van der Waals surface area contributed by atoms with E-state index in [4.69, 9.17) is 0 Å². The molecule has 0 spiro atoms. The lowest BCUT2D eigenvalue weighted by molar-refractivity contribution is 1.32. The third-order valence-electron chi connectivity index (χ3n) is 2.07. The molecule has 0 saturated heterocycles. The number of pyridine rings is 1. The zero-order valence-corrected chi connectivity index (χ0v) is 10.9. The molecule has 0 aliphatic carbocycles. The van der Waals surface area contributed by atoms with Crippen molar-refractivity contribution in [2.75, 3.05) is 0 Å². The third kappa shape index (κ3) is 3.47. The van der Waals surface area contributed by atoms with E-state index >= 15 is 0 Å². The van der Waals surface area contributed by atoms with Gasteiger partial charge in [-0.15, -0.1) is 12.4 Å². The smallest absolute Gasteiger partial charge is 0.0273 e. The van der Waals surface area contributed by atoms with Gasteiger partial charge in [-0.3, -0.25) is 4.98 Å². The van der Waals surface area contributed by atoms with Gasteiger partial charge >= 0.3 is 0 Å². The molecule has 0 aliphatic heterocycles. The lowest BCUT2D eigenvalue weighted by Gasteiger charge is -1.96. The first kappa shape index (κ1) is 12.9. The minimum atomic E-state index is 0. The predicted octanol–water partition coefficient (Wildman–Crippen LogP) is 4.44. The molecule has 1 aromatic carbocycles. The molecule has 0 amide bonds. The lowest BCUT2D eigenvalue weighted by atomic mass is 10.1. The molecule has 0 N–H and O–H groups in total. The van der Waals surface area contributed by atoms with E-state index in [0.717, 1.165) is 10.0 Å². The fraction of sp³-hybridized carbons (Fsp3) is 0. The molecule has 2 aromatic rings. The molecule has 0 saturated carbocycles. The van der Waals surface area contributed by atoms with Crippen LogP contribution in [0.3, 0.4) is 0 Å². The second kappa shape index (κ2) is 6.46. The quantitative estimate of drug-likeness (QED) is 0.798. The van der Waals surface area contributed by atoms with E-state index in [0.29, 0.717) is 0 Å². The minimum absolute atomic E-state index is 0. The van der Waals surface area contributed by atoms with Crippen LogP contribution in [0.15, 0.2) is 53.3 Å². The Morgan fingerprint density at radius 2 is 1.62 bits per heavy atom. The van der Waals surface area contributed by atoms with Crippen molar-refractivity contribution >= 4 is 40.5 Å². The maximum absolute atomic E-state index is 3.97. The van der Waals surface area contributed by atoms with Gasteiger partial charge in [0.05, 0.1) is 0 Å². The fourth-order valence-corrected chi connectivity index (χ4v) is 1.69. The van der Waals surface area contributed by atoms with Crippen LogP contribution < -0.4 is 0 Å². The van der Waals surface area contributed by atoms with Crippen LogP contribution in [0.1, 0.15) is 11.1 Å². The molecule has 1 aromatic heterocycles. The zero-order valence-electron chi connectivity index (χ0n) is 8.51. The summed E-state index contributed by atoms with van der Waals surface area (Å²) >= 11 is 3.51. The Morgan fingerprint density at radius 3 is 2.31 bits per heavy atom. The highest BCUT2D eigenvalue weighted by atomic mass is 79.9. The Bertz CT molecular complexity index is 468. The maximum Gasteiger partial charge on any atom is 0.0273 e. The third-order valence-corrected chi connectivity index (χ3v) is 2.79. The van der Waals surface area contributed by atoms with Crippen molar-refractivity contribution in [2.45, 2.75) is 0 Å². The van der Waals surface area contributed by atoms with Crippen LogP contribution in [0, 0.1) is 0 Å². The summed E-state index contributed by atoms with van der Waals surface area (Å²) in [4.78, 5) is 3.97. The lowest BCUT2D eigenvalue weighted by Crippen LogP contribution is -1.75. The Balaban J connectivity index is 0.00000128. The van der Waals surface area contributed by atoms with Crippen molar-refractivity contribution in [2.24, 2.45) is 0 Å². The number of nitrogens with zero attached hydrogens (tertiary/aromatic N) is 1. The first-order valence-electron chi connectivity index (χ1n) is 4.69. The van der Waals surface area contributed by atoms with E-state index in [2.05, 4.69) is 39.1 Å². The summed E-state index contributed by atoms with van der Waals surface area (Å²) < 4.78 is 1.11. The number of halogens is 2. The molecule has 2 rings (SSSR count). The molecular weight excluding hydrogens is 286 g/mol. The van der Waals surface area contributed by atoms with Crippen molar-refractivity contribution < 1.29 is 0 Å². The molecular formula is C13H11BrClN. The molecule has 0 unspecified atom stereocenters. The summed E-state index contributed by atoms with van der Waals surface area (Å²) in [5, 5.41) is 0. The fourth-order valence-electron chi connectivity index (χ4n) is 1.27. The zero-order chi connectivity index (χ0) is 10.5. The van der Waals surface area contributed by atoms with Gasteiger partial charge in [0.2, 0.25) is 0 Å². The summed E-state index contributed by atoms with van der Waals surface area (Å²) in [5.41, 5.74) is 2.33. The van der Waals surface area contributed by atoms with Gasteiger partial charge in [-0.1, -0.05) is 46.3 Å². The standard InChI is InChI=1S/C13H10BrN.ClH/c14-13-4-2-1-3-12(13)6-5-11-7-9-15-10-8-11;/h1-10H;1H/b6-5-;. The van der Waals surface area contributed by atoms with Gasteiger partial charge in [-0.2, -0.15) is 0 Å². The molecule has 0 fully saturated rings. The molecule has 1 heterocycles. The highest BCUT2D eigenvalue weighted by Crippen LogP contribution is 2.18. The molecule has 82 valence electrons. The van der Waals surface area contributed by atoms with Crippen LogP contribution >= 0.6 is 28.3 Å². The van der Waals surface area contributed by atoms with E-state index in [1.54, 1.807) is 12.4 Å². The number of hydrogen-bond acceptors (Lipinski definition) is 1. The van der Waals surface area contributed by atoms with Gasteiger partial charge in [-0.05, 0) is 29.3 Å². The van der Waals surface area contributed by atoms with Gasteiger partial charge in [0.15, 0.2) is 0 Å². The molecule has 0 aliphatic rings. The van der Waals surface area contributed by atoms with Crippen LogP contribution in [-0.4, -0.2) is 4.98 Å². The Hall–Kier alpha value is -1.12. The normalized spacial score (nSPS) is 10.1. The summed E-state index contributed by atoms with van der Waals surface area (Å²) in [7, 11) is 0. The van der Waals surface area contributed by atoms with E-state index in [9.17, 15) is 0 Å². The summed E-state index contributed by atoms with van der Waals surface area (Å²) in [6.45, 7) is 0. The largest absolute Gasteiger partial charge is 0.265 e. The van der Waals surface area contributed by atoms with Crippen LogP contribution in [-0.2, 0) is 0 Å². The van der Waals surface area contributed by atoms with Crippen LogP contribution in [0.25, 0.3) is 12.2 Å². The maximum atomic E-state index is 3.97. The van der Waals surface area contributed by atoms with E-state index < -0.39 is 0 Å². The summed E-state index contributed by atoms with van der Waals surface area (Å²) in [6, 6.07) is 12.1. The van der Waals surface area contributed by atoms with Gasteiger partial charge in [0.1, 0.15) is 0 Å². The van der Waals surface area contributed by atoms with E-state index in [-0.39, 0.29) is 12.4 Å². The van der Waals surface area contributed by atoms with Gasteiger partial charge in [-0.25, -0.2) is 0 Å². The highest BCUT2D eigenvalue weighted by molar-refractivity contribution is 9.10. The first-order valence-corrected chi connectivity index (χ1v) is 5.48. The number of hydrogen-bond donors (Lipinski definition) is 0. The minimum Gasteiger partial charge on any atom is -0.265 e. The molecule has 0 bridgehead atoms.